The number of aryl methyl sites for hydroxylation is 5. The predicted octanol–water partition coefficient (Wildman–Crippen LogP) is 9.30. The molecule has 0 spiro atoms. The van der Waals surface area contributed by atoms with Crippen molar-refractivity contribution in [3.63, 3.8) is 0 Å². The summed E-state index contributed by atoms with van der Waals surface area (Å²) in [5.74, 6) is 1.38. The summed E-state index contributed by atoms with van der Waals surface area (Å²) in [5, 5.41) is 7.13. The first-order chi connectivity index (χ1) is 19.7. The fourth-order valence-corrected chi connectivity index (χ4v) is 6.69. The number of unbranched alkanes of at least 4 members (excludes halogenated alkanes) is 4. The van der Waals surface area contributed by atoms with Crippen LogP contribution in [-0.2, 0) is 32.1 Å². The molecule has 1 aliphatic rings. The SMILES string of the molecule is CCCCc1ccc(CCC2CNCCC2c2ccc(CCCCCCc3ccccc3CC)cc2)cc1NC. The Labute approximate surface area is 245 Å². The second kappa shape index (κ2) is 16.6. The molecular weight excluding hydrogens is 484 g/mol. The van der Waals surface area contributed by atoms with E-state index in [1.807, 2.05) is 0 Å². The predicted molar refractivity (Wildman–Crippen MR) is 175 cm³/mol. The third-order valence-electron chi connectivity index (χ3n) is 9.22. The minimum absolute atomic E-state index is 0.675. The molecule has 1 heterocycles. The number of hydrogen-bond acceptors (Lipinski definition) is 2. The Bertz CT molecular complexity index is 1130. The molecule has 0 amide bonds. The first kappa shape index (κ1) is 30.4. The van der Waals surface area contributed by atoms with Crippen LogP contribution in [0, 0.1) is 5.92 Å². The number of anilines is 1. The largest absolute Gasteiger partial charge is 0.388 e. The molecule has 2 nitrogen and oxygen atoms in total. The first-order valence-electron chi connectivity index (χ1n) is 16.4. The topological polar surface area (TPSA) is 24.1 Å². The average Bonchev–Trinajstić information content (AvgIpc) is 3.01. The van der Waals surface area contributed by atoms with Crippen LogP contribution in [-0.4, -0.2) is 20.1 Å². The van der Waals surface area contributed by atoms with E-state index in [9.17, 15) is 0 Å². The zero-order valence-electron chi connectivity index (χ0n) is 25.6. The van der Waals surface area contributed by atoms with Gasteiger partial charge in [-0.2, -0.15) is 0 Å². The molecule has 4 rings (SSSR count). The molecule has 2 N–H and O–H groups in total. The van der Waals surface area contributed by atoms with Gasteiger partial charge < -0.3 is 10.6 Å². The van der Waals surface area contributed by atoms with Crippen molar-refractivity contribution in [2.75, 3.05) is 25.5 Å². The van der Waals surface area contributed by atoms with E-state index in [-0.39, 0.29) is 0 Å². The molecule has 1 aliphatic heterocycles. The van der Waals surface area contributed by atoms with Gasteiger partial charge in [-0.05, 0) is 129 Å². The summed E-state index contributed by atoms with van der Waals surface area (Å²) in [6.07, 6.45) is 16.2. The fourth-order valence-electron chi connectivity index (χ4n) is 6.69. The smallest absolute Gasteiger partial charge is 0.0372 e. The lowest BCUT2D eigenvalue weighted by atomic mass is 9.78. The van der Waals surface area contributed by atoms with E-state index >= 15 is 0 Å². The molecule has 2 unspecified atom stereocenters. The highest BCUT2D eigenvalue weighted by Gasteiger charge is 2.26. The Morgan fingerprint density at radius 1 is 0.725 bits per heavy atom. The van der Waals surface area contributed by atoms with Crippen LogP contribution in [0.4, 0.5) is 5.69 Å². The van der Waals surface area contributed by atoms with E-state index in [2.05, 4.69) is 98.3 Å². The fraction of sp³-hybridized carbons (Fsp3) is 0.526. The van der Waals surface area contributed by atoms with Gasteiger partial charge in [-0.25, -0.2) is 0 Å². The van der Waals surface area contributed by atoms with Gasteiger partial charge in [0.05, 0.1) is 0 Å². The molecule has 0 radical (unpaired) electrons. The summed E-state index contributed by atoms with van der Waals surface area (Å²) >= 11 is 0. The van der Waals surface area contributed by atoms with Crippen LogP contribution in [0.25, 0.3) is 0 Å². The quantitative estimate of drug-likeness (QED) is 0.178. The zero-order valence-corrected chi connectivity index (χ0v) is 25.6. The van der Waals surface area contributed by atoms with Gasteiger partial charge in [-0.15, -0.1) is 0 Å². The molecule has 0 bridgehead atoms. The lowest BCUT2D eigenvalue weighted by molar-refractivity contribution is 0.309. The van der Waals surface area contributed by atoms with Crippen molar-refractivity contribution >= 4 is 5.69 Å². The summed E-state index contributed by atoms with van der Waals surface area (Å²) in [7, 11) is 2.06. The van der Waals surface area contributed by atoms with Gasteiger partial charge in [-0.1, -0.05) is 93.8 Å². The maximum atomic E-state index is 3.69. The molecular formula is C38H54N2. The van der Waals surface area contributed by atoms with Crippen molar-refractivity contribution in [2.45, 2.75) is 103 Å². The number of benzene rings is 3. The van der Waals surface area contributed by atoms with Gasteiger partial charge >= 0.3 is 0 Å². The highest BCUT2D eigenvalue weighted by molar-refractivity contribution is 5.53. The van der Waals surface area contributed by atoms with E-state index in [0.29, 0.717) is 11.8 Å². The Morgan fingerprint density at radius 3 is 2.20 bits per heavy atom. The van der Waals surface area contributed by atoms with E-state index in [1.54, 1.807) is 11.1 Å². The molecule has 1 saturated heterocycles. The van der Waals surface area contributed by atoms with Crippen molar-refractivity contribution in [3.05, 3.63) is 100 Å². The number of nitrogens with one attached hydrogen (secondary N) is 2. The monoisotopic (exact) mass is 538 g/mol. The van der Waals surface area contributed by atoms with Crippen LogP contribution >= 0.6 is 0 Å². The molecule has 1 fully saturated rings. The van der Waals surface area contributed by atoms with Crippen molar-refractivity contribution in [1.82, 2.24) is 5.32 Å². The zero-order chi connectivity index (χ0) is 28.0. The summed E-state index contributed by atoms with van der Waals surface area (Å²) in [5.41, 5.74) is 10.4. The maximum absolute atomic E-state index is 3.69. The Hall–Kier alpha value is -2.58. The van der Waals surface area contributed by atoms with E-state index in [4.69, 9.17) is 0 Å². The van der Waals surface area contributed by atoms with Crippen LogP contribution in [0.3, 0.4) is 0 Å². The third-order valence-corrected chi connectivity index (χ3v) is 9.22. The lowest BCUT2D eigenvalue weighted by Crippen LogP contribution is -2.35. The highest BCUT2D eigenvalue weighted by atomic mass is 14.9. The van der Waals surface area contributed by atoms with Gasteiger partial charge in [0, 0.05) is 12.7 Å². The van der Waals surface area contributed by atoms with Crippen molar-refractivity contribution in [2.24, 2.45) is 5.92 Å². The molecule has 0 aliphatic carbocycles. The van der Waals surface area contributed by atoms with Gasteiger partial charge in [0.2, 0.25) is 0 Å². The summed E-state index contributed by atoms with van der Waals surface area (Å²) in [6, 6.07) is 25.8. The van der Waals surface area contributed by atoms with E-state index < -0.39 is 0 Å². The van der Waals surface area contributed by atoms with Gasteiger partial charge in [0.15, 0.2) is 0 Å². The molecule has 2 heteroatoms. The Kier molecular flexibility index (Phi) is 12.6. The van der Waals surface area contributed by atoms with Crippen LogP contribution in [0.2, 0.25) is 0 Å². The molecule has 216 valence electrons. The standard InChI is InChI=1S/C38H54N2/c1-4-6-14-35-24-20-31(28-38(35)39-3)21-25-36-29-40-27-26-37(36)34-22-18-30(19-23-34)13-9-7-8-10-16-33-17-12-11-15-32(33)5-2/h11-12,15,17-20,22-24,28,36-37,39-40H,4-10,13-14,16,21,25-27,29H2,1-3H3. The van der Waals surface area contributed by atoms with Crippen molar-refractivity contribution < 1.29 is 0 Å². The van der Waals surface area contributed by atoms with Crippen LogP contribution in [0.15, 0.2) is 66.7 Å². The van der Waals surface area contributed by atoms with E-state index in [0.717, 1.165) is 25.9 Å². The Balaban J connectivity index is 1.23. The third kappa shape index (κ3) is 8.96. The molecule has 3 aromatic carbocycles. The minimum atomic E-state index is 0.675. The maximum Gasteiger partial charge on any atom is 0.0372 e. The van der Waals surface area contributed by atoms with Crippen LogP contribution in [0.5, 0.6) is 0 Å². The highest BCUT2D eigenvalue weighted by Crippen LogP contribution is 2.34. The second-order valence-electron chi connectivity index (χ2n) is 12.0. The molecule has 2 atom stereocenters. The van der Waals surface area contributed by atoms with Crippen LogP contribution in [0.1, 0.15) is 105 Å². The molecule has 40 heavy (non-hydrogen) atoms. The van der Waals surface area contributed by atoms with Gasteiger partial charge in [0.25, 0.3) is 0 Å². The molecule has 3 aromatic rings. The average molecular weight is 539 g/mol. The molecule has 0 aromatic heterocycles. The second-order valence-corrected chi connectivity index (χ2v) is 12.0. The summed E-state index contributed by atoms with van der Waals surface area (Å²) < 4.78 is 0. The van der Waals surface area contributed by atoms with Crippen LogP contribution < -0.4 is 10.6 Å². The minimum Gasteiger partial charge on any atom is -0.388 e. The first-order valence-corrected chi connectivity index (χ1v) is 16.4. The summed E-state index contributed by atoms with van der Waals surface area (Å²) in [4.78, 5) is 0. The number of hydrogen-bond donors (Lipinski definition) is 2. The molecule has 0 saturated carbocycles. The van der Waals surface area contributed by atoms with Crippen molar-refractivity contribution in [3.8, 4) is 0 Å². The lowest BCUT2D eigenvalue weighted by Gasteiger charge is -2.33. The van der Waals surface area contributed by atoms with Gasteiger partial charge in [0.1, 0.15) is 0 Å². The normalized spacial score (nSPS) is 17.2. The summed E-state index contributed by atoms with van der Waals surface area (Å²) in [6.45, 7) is 6.82. The van der Waals surface area contributed by atoms with Crippen molar-refractivity contribution in [1.29, 1.82) is 0 Å². The Morgan fingerprint density at radius 2 is 1.45 bits per heavy atom. The number of piperidine rings is 1. The van der Waals surface area contributed by atoms with Gasteiger partial charge in [-0.3, -0.25) is 0 Å². The van der Waals surface area contributed by atoms with E-state index in [1.165, 1.54) is 98.6 Å². The number of rotatable bonds is 16.